The van der Waals surface area contributed by atoms with E-state index in [4.69, 9.17) is 0 Å². The predicted octanol–water partition coefficient (Wildman–Crippen LogP) is 13.6. The molecule has 2 nitrogen and oxygen atoms in total. The molecule has 8 aromatic carbocycles. The number of para-hydroxylation sites is 2. The number of thiophene rings is 1. The van der Waals surface area contributed by atoms with E-state index in [9.17, 15) is 0 Å². The number of hydrogen-bond donors (Lipinski definition) is 0. The summed E-state index contributed by atoms with van der Waals surface area (Å²) in [4.78, 5) is 0. The second kappa shape index (κ2) is 11.0. The van der Waals surface area contributed by atoms with Crippen LogP contribution in [-0.4, -0.2) is 9.13 Å². The molecule has 0 N–H and O–H groups in total. The minimum Gasteiger partial charge on any atom is -0.309 e. The first kappa shape index (κ1) is 28.4. The van der Waals surface area contributed by atoms with E-state index in [1.807, 2.05) is 11.3 Å². The molecule has 238 valence electrons. The zero-order valence-electron chi connectivity index (χ0n) is 27.6. The lowest BCUT2D eigenvalue weighted by Crippen LogP contribution is -1.94. The second-order valence-electron chi connectivity index (χ2n) is 13.3. The summed E-state index contributed by atoms with van der Waals surface area (Å²) < 4.78 is 7.51. The third kappa shape index (κ3) is 4.29. The SMILES string of the molecule is c1ccc(-c2cccc(-n3c4ccccc4c4cc(-c5cccc6c5c5ccccc5n6-c5ccc6sc7ccccc7c6c5)ccc43)c2)cc1. The molecule has 0 atom stereocenters. The van der Waals surface area contributed by atoms with Crippen molar-refractivity contribution >= 4 is 75.1 Å². The van der Waals surface area contributed by atoms with Gasteiger partial charge in [-0.2, -0.15) is 0 Å². The van der Waals surface area contributed by atoms with Gasteiger partial charge >= 0.3 is 0 Å². The van der Waals surface area contributed by atoms with E-state index < -0.39 is 0 Å². The molecular weight excluding hydrogens is 637 g/mol. The van der Waals surface area contributed by atoms with Crippen LogP contribution >= 0.6 is 11.3 Å². The standard InChI is InChI=1S/C48H30N2S/c1-2-12-31(13-3-1)32-14-10-15-34(28-32)49-42-20-7-4-16-37(42)40-29-33(24-26-44(40)49)36-19-11-22-45-48(36)39-18-5-8-21-43(39)50(45)35-25-27-47-41(30-35)38-17-6-9-23-46(38)51-47/h1-30H. The normalized spacial score (nSPS) is 11.9. The number of benzene rings is 8. The average molecular weight is 667 g/mol. The van der Waals surface area contributed by atoms with Crippen LogP contribution in [0, 0.1) is 0 Å². The van der Waals surface area contributed by atoms with Crippen molar-refractivity contribution in [3.63, 3.8) is 0 Å². The van der Waals surface area contributed by atoms with Gasteiger partial charge in [0.2, 0.25) is 0 Å². The molecule has 11 aromatic rings. The van der Waals surface area contributed by atoms with Crippen molar-refractivity contribution in [2.75, 3.05) is 0 Å². The molecule has 0 fully saturated rings. The molecule has 0 bridgehead atoms. The van der Waals surface area contributed by atoms with Crippen LogP contribution in [0.5, 0.6) is 0 Å². The molecule has 3 heterocycles. The van der Waals surface area contributed by atoms with Crippen molar-refractivity contribution in [1.82, 2.24) is 9.13 Å². The molecule has 3 aromatic heterocycles. The highest BCUT2D eigenvalue weighted by Crippen LogP contribution is 2.42. The fourth-order valence-electron chi connectivity index (χ4n) is 8.26. The topological polar surface area (TPSA) is 9.86 Å². The third-order valence-corrected chi connectivity index (χ3v) is 11.7. The summed E-state index contributed by atoms with van der Waals surface area (Å²) in [6.45, 7) is 0. The highest BCUT2D eigenvalue weighted by Gasteiger charge is 2.19. The lowest BCUT2D eigenvalue weighted by molar-refractivity contribution is 1.18. The Kier molecular flexibility index (Phi) is 6.16. The van der Waals surface area contributed by atoms with Crippen molar-refractivity contribution in [3.05, 3.63) is 182 Å². The summed E-state index contributed by atoms with van der Waals surface area (Å²) in [5.74, 6) is 0. The summed E-state index contributed by atoms with van der Waals surface area (Å²) in [5.41, 5.74) is 12.1. The quantitative estimate of drug-likeness (QED) is 0.177. The van der Waals surface area contributed by atoms with Crippen LogP contribution in [0.2, 0.25) is 0 Å². The molecule has 3 heteroatoms. The number of fused-ring (bicyclic) bond motifs is 9. The smallest absolute Gasteiger partial charge is 0.0547 e. The molecule has 0 aliphatic rings. The molecular formula is C48H30N2S. The van der Waals surface area contributed by atoms with Gasteiger partial charge in [0, 0.05) is 53.1 Å². The number of nitrogens with zero attached hydrogens (tertiary/aromatic N) is 2. The van der Waals surface area contributed by atoms with Gasteiger partial charge in [0.15, 0.2) is 0 Å². The molecule has 0 aliphatic carbocycles. The Bertz CT molecular complexity index is 3140. The molecule has 0 radical (unpaired) electrons. The third-order valence-electron chi connectivity index (χ3n) is 10.5. The second-order valence-corrected chi connectivity index (χ2v) is 14.4. The van der Waals surface area contributed by atoms with Gasteiger partial charge in [-0.25, -0.2) is 0 Å². The van der Waals surface area contributed by atoms with Crippen molar-refractivity contribution in [2.45, 2.75) is 0 Å². The largest absolute Gasteiger partial charge is 0.309 e. The van der Waals surface area contributed by atoms with E-state index >= 15 is 0 Å². The van der Waals surface area contributed by atoms with E-state index in [-0.39, 0.29) is 0 Å². The fourth-order valence-corrected chi connectivity index (χ4v) is 9.35. The van der Waals surface area contributed by atoms with Gasteiger partial charge in [0.25, 0.3) is 0 Å². The van der Waals surface area contributed by atoms with Crippen LogP contribution in [0.3, 0.4) is 0 Å². The lowest BCUT2D eigenvalue weighted by atomic mass is 9.98. The van der Waals surface area contributed by atoms with Crippen LogP contribution in [-0.2, 0) is 0 Å². The minimum absolute atomic E-state index is 1.16. The maximum atomic E-state index is 2.45. The van der Waals surface area contributed by atoms with E-state index in [2.05, 4.69) is 191 Å². The first-order valence-corrected chi connectivity index (χ1v) is 18.3. The van der Waals surface area contributed by atoms with Crippen molar-refractivity contribution < 1.29 is 0 Å². The molecule has 0 unspecified atom stereocenters. The number of rotatable bonds is 4. The Hall–Kier alpha value is -6.42. The Morgan fingerprint density at radius 3 is 1.82 bits per heavy atom. The molecule has 0 amide bonds. The average Bonchev–Trinajstić information content (AvgIpc) is 3.85. The maximum Gasteiger partial charge on any atom is 0.0547 e. The van der Waals surface area contributed by atoms with E-state index in [1.54, 1.807) is 0 Å². The molecule has 0 saturated carbocycles. The van der Waals surface area contributed by atoms with Crippen LogP contribution < -0.4 is 0 Å². The van der Waals surface area contributed by atoms with E-state index in [0.717, 1.165) is 5.69 Å². The van der Waals surface area contributed by atoms with Gasteiger partial charge in [-0.3, -0.25) is 0 Å². The van der Waals surface area contributed by atoms with Crippen LogP contribution in [0.15, 0.2) is 182 Å². The van der Waals surface area contributed by atoms with Gasteiger partial charge in [-0.15, -0.1) is 11.3 Å². The Labute approximate surface area is 298 Å². The van der Waals surface area contributed by atoms with Gasteiger partial charge in [-0.05, 0) is 89.0 Å². The van der Waals surface area contributed by atoms with Crippen molar-refractivity contribution in [1.29, 1.82) is 0 Å². The molecule has 11 rings (SSSR count). The summed E-state index contributed by atoms with van der Waals surface area (Å²) in [6.07, 6.45) is 0. The van der Waals surface area contributed by atoms with Gasteiger partial charge in [0.1, 0.15) is 0 Å². The van der Waals surface area contributed by atoms with Crippen LogP contribution in [0.4, 0.5) is 0 Å². The van der Waals surface area contributed by atoms with Gasteiger partial charge < -0.3 is 9.13 Å². The summed E-state index contributed by atoms with van der Waals surface area (Å²) in [5, 5.41) is 7.68. The summed E-state index contributed by atoms with van der Waals surface area (Å²) in [6, 6.07) is 66.7. The first-order chi connectivity index (χ1) is 25.3. The Morgan fingerprint density at radius 2 is 0.941 bits per heavy atom. The predicted molar refractivity (Wildman–Crippen MR) is 219 cm³/mol. The summed E-state index contributed by atoms with van der Waals surface area (Å²) >= 11 is 1.86. The Morgan fingerprint density at radius 1 is 0.314 bits per heavy atom. The fraction of sp³-hybridized carbons (Fsp3) is 0. The maximum absolute atomic E-state index is 2.45. The minimum atomic E-state index is 1.16. The van der Waals surface area contributed by atoms with Gasteiger partial charge in [0.05, 0.1) is 22.1 Å². The molecule has 0 spiro atoms. The molecule has 51 heavy (non-hydrogen) atoms. The van der Waals surface area contributed by atoms with Crippen LogP contribution in [0.1, 0.15) is 0 Å². The first-order valence-electron chi connectivity index (χ1n) is 17.4. The lowest BCUT2D eigenvalue weighted by Gasteiger charge is -2.11. The highest BCUT2D eigenvalue weighted by atomic mass is 32.1. The zero-order valence-corrected chi connectivity index (χ0v) is 28.4. The van der Waals surface area contributed by atoms with Crippen LogP contribution in [0.25, 0.3) is 97.4 Å². The van der Waals surface area contributed by atoms with Crippen molar-refractivity contribution in [2.24, 2.45) is 0 Å². The number of hydrogen-bond acceptors (Lipinski definition) is 1. The monoisotopic (exact) mass is 666 g/mol. The van der Waals surface area contributed by atoms with E-state index in [1.165, 1.54) is 91.7 Å². The van der Waals surface area contributed by atoms with Crippen molar-refractivity contribution in [3.8, 4) is 33.6 Å². The molecule has 0 saturated heterocycles. The number of aromatic nitrogens is 2. The Balaban J connectivity index is 1.13. The van der Waals surface area contributed by atoms with E-state index in [0.29, 0.717) is 0 Å². The molecule has 0 aliphatic heterocycles. The zero-order chi connectivity index (χ0) is 33.5. The summed E-state index contributed by atoms with van der Waals surface area (Å²) in [7, 11) is 0. The highest BCUT2D eigenvalue weighted by molar-refractivity contribution is 7.25. The van der Waals surface area contributed by atoms with Gasteiger partial charge in [-0.1, -0.05) is 115 Å².